The Bertz CT molecular complexity index is 420. The molecule has 0 saturated heterocycles. The molecule has 0 aromatic heterocycles. The zero-order valence-electron chi connectivity index (χ0n) is 10.4. The van der Waals surface area contributed by atoms with Crippen LogP contribution in [0.15, 0.2) is 18.2 Å². The second-order valence-corrected chi connectivity index (χ2v) is 4.56. The molecule has 90 valence electrons. The summed E-state index contributed by atoms with van der Waals surface area (Å²) in [7, 11) is 2.14. The Kier molecular flexibility index (Phi) is 3.87. The van der Waals surface area contributed by atoms with E-state index in [1.54, 1.807) is 0 Å². The van der Waals surface area contributed by atoms with Crippen LogP contribution < -0.4 is 10.2 Å². The van der Waals surface area contributed by atoms with Crippen LogP contribution in [-0.4, -0.2) is 20.1 Å². The summed E-state index contributed by atoms with van der Waals surface area (Å²) in [5, 5.41) is 11.9. The molecule has 17 heavy (non-hydrogen) atoms. The molecule has 0 unspecified atom stereocenters. The van der Waals surface area contributed by atoms with E-state index in [9.17, 15) is 0 Å². The number of hydrogen-bond donors (Lipinski definition) is 1. The molecule has 3 heteroatoms. The van der Waals surface area contributed by atoms with Gasteiger partial charge >= 0.3 is 0 Å². The predicted octanol–water partition coefficient (Wildman–Crippen LogP) is 2.78. The van der Waals surface area contributed by atoms with Gasteiger partial charge in [-0.25, -0.2) is 0 Å². The molecule has 1 N–H and O–H groups in total. The number of hydrogen-bond acceptors (Lipinski definition) is 3. The number of unbranched alkanes of at least 4 members (excludes halogenated alkanes) is 2. The van der Waals surface area contributed by atoms with Crippen molar-refractivity contribution < 1.29 is 0 Å². The number of anilines is 2. The molecular formula is C14H19N3. The Balaban J connectivity index is 1.85. The molecule has 0 spiro atoms. The highest BCUT2D eigenvalue weighted by Crippen LogP contribution is 2.28. The largest absolute Gasteiger partial charge is 0.385 e. The molecule has 0 amide bonds. The summed E-state index contributed by atoms with van der Waals surface area (Å²) in [6.07, 6.45) is 3.86. The molecule has 1 heterocycles. The molecule has 3 nitrogen and oxygen atoms in total. The van der Waals surface area contributed by atoms with Crippen molar-refractivity contribution in [2.24, 2.45) is 0 Å². The van der Waals surface area contributed by atoms with Crippen LogP contribution in [-0.2, 0) is 6.42 Å². The minimum atomic E-state index is 0.663. The van der Waals surface area contributed by atoms with Crippen molar-refractivity contribution in [1.29, 1.82) is 5.26 Å². The summed E-state index contributed by atoms with van der Waals surface area (Å²) in [4.78, 5) is 2.30. The van der Waals surface area contributed by atoms with E-state index in [1.165, 1.54) is 16.9 Å². The Labute approximate surface area is 103 Å². The summed E-state index contributed by atoms with van der Waals surface area (Å²) in [5.41, 5.74) is 4.01. The standard InChI is InChI=1S/C14H19N3/c1-17-10-7-12-11-13(5-6-14(12)17)16-9-4-2-3-8-15/h5-6,11,16H,2-4,7,9-10H2,1H3. The average Bonchev–Trinajstić information content (AvgIpc) is 2.71. The van der Waals surface area contributed by atoms with Crippen molar-refractivity contribution in [3.8, 4) is 6.07 Å². The summed E-state index contributed by atoms with van der Waals surface area (Å²) in [6.45, 7) is 2.08. The first-order chi connectivity index (χ1) is 8.31. The van der Waals surface area contributed by atoms with Crippen molar-refractivity contribution in [3.05, 3.63) is 23.8 Å². The lowest BCUT2D eigenvalue weighted by molar-refractivity contribution is 0.784. The highest BCUT2D eigenvalue weighted by molar-refractivity contribution is 5.63. The summed E-state index contributed by atoms with van der Waals surface area (Å²) >= 11 is 0. The third-order valence-electron chi connectivity index (χ3n) is 3.25. The molecule has 0 radical (unpaired) electrons. The second kappa shape index (κ2) is 5.58. The zero-order valence-corrected chi connectivity index (χ0v) is 10.4. The van der Waals surface area contributed by atoms with Gasteiger partial charge in [-0.2, -0.15) is 5.26 Å². The number of benzene rings is 1. The summed E-state index contributed by atoms with van der Waals surface area (Å²) < 4.78 is 0. The van der Waals surface area contributed by atoms with Crippen molar-refractivity contribution in [3.63, 3.8) is 0 Å². The van der Waals surface area contributed by atoms with Gasteiger partial charge in [0.15, 0.2) is 0 Å². The molecule has 1 aromatic rings. The number of likely N-dealkylation sites (N-methyl/N-ethyl adjacent to an activating group) is 1. The first-order valence-corrected chi connectivity index (χ1v) is 6.26. The molecular weight excluding hydrogens is 210 g/mol. The maximum absolute atomic E-state index is 8.44. The van der Waals surface area contributed by atoms with Crippen molar-refractivity contribution >= 4 is 11.4 Å². The Morgan fingerprint density at radius 1 is 1.41 bits per heavy atom. The van der Waals surface area contributed by atoms with Gasteiger partial charge in [0, 0.05) is 37.9 Å². The highest BCUT2D eigenvalue weighted by atomic mass is 15.1. The lowest BCUT2D eigenvalue weighted by Gasteiger charge is -2.12. The predicted molar refractivity (Wildman–Crippen MR) is 71.4 cm³/mol. The SMILES string of the molecule is CN1CCc2cc(NCCCCC#N)ccc21. The van der Waals surface area contributed by atoms with Crippen LogP contribution >= 0.6 is 0 Å². The van der Waals surface area contributed by atoms with Crippen molar-refractivity contribution in [2.75, 3.05) is 30.4 Å². The van der Waals surface area contributed by atoms with Gasteiger partial charge in [0.25, 0.3) is 0 Å². The van der Waals surface area contributed by atoms with Gasteiger partial charge in [-0.1, -0.05) is 0 Å². The van der Waals surface area contributed by atoms with Crippen molar-refractivity contribution in [1.82, 2.24) is 0 Å². The van der Waals surface area contributed by atoms with E-state index >= 15 is 0 Å². The van der Waals surface area contributed by atoms with Crippen LogP contribution in [0.5, 0.6) is 0 Å². The van der Waals surface area contributed by atoms with Crippen molar-refractivity contribution in [2.45, 2.75) is 25.7 Å². The van der Waals surface area contributed by atoms with Gasteiger partial charge in [-0.15, -0.1) is 0 Å². The van der Waals surface area contributed by atoms with Crippen LogP contribution in [0.2, 0.25) is 0 Å². The number of nitrogens with one attached hydrogen (secondary N) is 1. The van der Waals surface area contributed by atoms with E-state index < -0.39 is 0 Å². The lowest BCUT2D eigenvalue weighted by Crippen LogP contribution is -2.12. The molecule has 2 rings (SSSR count). The minimum absolute atomic E-state index is 0.663. The summed E-state index contributed by atoms with van der Waals surface area (Å²) in [5.74, 6) is 0. The van der Waals surface area contributed by atoms with E-state index in [0.717, 1.165) is 32.4 Å². The molecule has 1 aromatic carbocycles. The van der Waals surface area contributed by atoms with Gasteiger partial charge in [-0.05, 0) is 43.0 Å². The third-order valence-corrected chi connectivity index (χ3v) is 3.25. The molecule has 0 aliphatic carbocycles. The fourth-order valence-corrected chi connectivity index (χ4v) is 2.24. The third kappa shape index (κ3) is 2.91. The number of nitrogens with zero attached hydrogens (tertiary/aromatic N) is 2. The second-order valence-electron chi connectivity index (χ2n) is 4.56. The molecule has 0 bridgehead atoms. The minimum Gasteiger partial charge on any atom is -0.385 e. The Hall–Kier alpha value is -1.69. The molecule has 0 atom stereocenters. The van der Waals surface area contributed by atoms with E-state index in [2.05, 4.69) is 41.5 Å². The molecule has 0 fully saturated rings. The average molecular weight is 229 g/mol. The number of rotatable bonds is 5. The topological polar surface area (TPSA) is 39.1 Å². The number of fused-ring (bicyclic) bond motifs is 1. The van der Waals surface area contributed by atoms with E-state index in [-0.39, 0.29) is 0 Å². The maximum atomic E-state index is 8.44. The van der Waals surface area contributed by atoms with Crippen LogP contribution in [0.3, 0.4) is 0 Å². The van der Waals surface area contributed by atoms with E-state index in [4.69, 9.17) is 5.26 Å². The highest BCUT2D eigenvalue weighted by Gasteiger charge is 2.15. The van der Waals surface area contributed by atoms with Crippen LogP contribution in [0.4, 0.5) is 11.4 Å². The molecule has 1 aliphatic rings. The normalized spacial score (nSPS) is 13.3. The first-order valence-electron chi connectivity index (χ1n) is 6.26. The first kappa shape index (κ1) is 11.8. The van der Waals surface area contributed by atoms with Gasteiger partial charge in [0.1, 0.15) is 0 Å². The van der Waals surface area contributed by atoms with Gasteiger partial charge in [0.05, 0.1) is 6.07 Å². The fraction of sp³-hybridized carbons (Fsp3) is 0.500. The van der Waals surface area contributed by atoms with Crippen LogP contribution in [0.25, 0.3) is 0 Å². The Morgan fingerprint density at radius 3 is 3.12 bits per heavy atom. The van der Waals surface area contributed by atoms with Gasteiger partial charge in [-0.3, -0.25) is 0 Å². The Morgan fingerprint density at radius 2 is 2.29 bits per heavy atom. The molecule has 1 aliphatic heterocycles. The molecule has 0 saturated carbocycles. The van der Waals surface area contributed by atoms with Gasteiger partial charge in [0.2, 0.25) is 0 Å². The number of nitriles is 1. The monoisotopic (exact) mass is 229 g/mol. The quantitative estimate of drug-likeness (QED) is 0.789. The van der Waals surface area contributed by atoms with Gasteiger partial charge < -0.3 is 10.2 Å². The zero-order chi connectivity index (χ0) is 12.1. The van der Waals surface area contributed by atoms with E-state index in [0.29, 0.717) is 6.42 Å². The van der Waals surface area contributed by atoms with E-state index in [1.807, 2.05) is 0 Å². The smallest absolute Gasteiger partial charge is 0.0621 e. The fourth-order valence-electron chi connectivity index (χ4n) is 2.24. The van der Waals surface area contributed by atoms with Crippen LogP contribution in [0.1, 0.15) is 24.8 Å². The summed E-state index contributed by atoms with van der Waals surface area (Å²) in [6, 6.07) is 8.76. The lowest BCUT2D eigenvalue weighted by atomic mass is 10.1. The maximum Gasteiger partial charge on any atom is 0.0621 e. The van der Waals surface area contributed by atoms with Crippen LogP contribution in [0, 0.1) is 11.3 Å².